The minimum Gasteiger partial charge on any atom is -0.449 e. The molecule has 1 aromatic carbocycles. The van der Waals surface area contributed by atoms with E-state index in [2.05, 4.69) is 11.8 Å². The zero-order valence-corrected chi connectivity index (χ0v) is 15.8. The third kappa shape index (κ3) is 3.85. The maximum absolute atomic E-state index is 12.6. The smallest absolute Gasteiger partial charge is 0.422 e. The molecule has 0 bridgehead atoms. The zero-order chi connectivity index (χ0) is 18.5. The van der Waals surface area contributed by atoms with Crippen LogP contribution in [0.3, 0.4) is 0 Å². The Hall–Kier alpha value is -2.08. The van der Waals surface area contributed by atoms with Gasteiger partial charge in [0.1, 0.15) is 0 Å². The van der Waals surface area contributed by atoms with E-state index in [0.717, 1.165) is 42.6 Å². The van der Waals surface area contributed by atoms with Crippen LogP contribution >= 0.6 is 0 Å². The van der Waals surface area contributed by atoms with Crippen LogP contribution in [0.25, 0.3) is 11.0 Å². The fourth-order valence-corrected chi connectivity index (χ4v) is 3.70. The van der Waals surface area contributed by atoms with Crippen molar-refractivity contribution in [1.82, 2.24) is 14.0 Å². The summed E-state index contributed by atoms with van der Waals surface area (Å²) >= 11 is 0. The highest BCUT2D eigenvalue weighted by molar-refractivity contribution is 5.86. The molecule has 142 valence electrons. The maximum Gasteiger partial charge on any atom is 0.422 e. The molecule has 1 aromatic heterocycles. The Morgan fingerprint density at radius 2 is 1.85 bits per heavy atom. The van der Waals surface area contributed by atoms with Gasteiger partial charge in [-0.1, -0.05) is 25.5 Å². The first-order chi connectivity index (χ1) is 12.7. The molecule has 1 aliphatic rings. The minimum absolute atomic E-state index is 0.326. The number of hydrogen-bond acceptors (Lipinski definition) is 4. The topological polar surface area (TPSA) is 56.5 Å². The predicted molar refractivity (Wildman–Crippen MR) is 103 cm³/mol. The van der Waals surface area contributed by atoms with Gasteiger partial charge >= 0.3 is 11.8 Å². The molecular formula is C20H29N3O3. The van der Waals surface area contributed by atoms with E-state index in [1.54, 1.807) is 10.6 Å². The van der Waals surface area contributed by atoms with Crippen molar-refractivity contribution in [3.8, 4) is 0 Å². The molecule has 6 heteroatoms. The van der Waals surface area contributed by atoms with Gasteiger partial charge in [0.2, 0.25) is 0 Å². The molecule has 0 unspecified atom stereocenters. The number of carbonyl (C=O) groups is 1. The number of nitrogens with zero attached hydrogens (tertiary/aromatic N) is 3. The zero-order valence-electron chi connectivity index (χ0n) is 15.8. The summed E-state index contributed by atoms with van der Waals surface area (Å²) in [5.41, 5.74) is 1.05. The van der Waals surface area contributed by atoms with E-state index < -0.39 is 6.09 Å². The minimum atomic E-state index is -0.563. The molecule has 0 N–H and O–H groups in total. The van der Waals surface area contributed by atoms with E-state index in [-0.39, 0.29) is 5.69 Å². The van der Waals surface area contributed by atoms with Crippen molar-refractivity contribution in [3.63, 3.8) is 0 Å². The molecular weight excluding hydrogens is 330 g/mol. The molecule has 1 fully saturated rings. The number of para-hydroxylation sites is 2. The summed E-state index contributed by atoms with van der Waals surface area (Å²) in [6.07, 6.45) is 3.99. The van der Waals surface area contributed by atoms with Gasteiger partial charge in [-0.3, -0.25) is 4.57 Å². The van der Waals surface area contributed by atoms with Crippen LogP contribution in [0.2, 0.25) is 0 Å². The molecule has 1 saturated heterocycles. The average Bonchev–Trinajstić information content (AvgIpc) is 2.96. The summed E-state index contributed by atoms with van der Waals surface area (Å²) in [6, 6.07) is 7.35. The molecule has 26 heavy (non-hydrogen) atoms. The summed E-state index contributed by atoms with van der Waals surface area (Å²) in [7, 11) is 0. The lowest BCUT2D eigenvalue weighted by molar-refractivity contribution is 0.0968. The Balaban J connectivity index is 1.62. The molecule has 3 rings (SSSR count). The van der Waals surface area contributed by atoms with Gasteiger partial charge in [0, 0.05) is 6.54 Å². The fraction of sp³-hybridized carbons (Fsp3) is 0.600. The van der Waals surface area contributed by atoms with Crippen LogP contribution in [0.4, 0.5) is 4.79 Å². The SMILES string of the molecule is CCCCN1CCC(COC(=O)n2c(=O)n(CC)c3ccccc32)CC1. The van der Waals surface area contributed by atoms with Gasteiger partial charge in [-0.2, -0.15) is 4.57 Å². The van der Waals surface area contributed by atoms with Gasteiger partial charge in [0.05, 0.1) is 17.6 Å². The van der Waals surface area contributed by atoms with E-state index in [1.165, 1.54) is 12.8 Å². The number of piperidine rings is 1. The Kier molecular flexibility index (Phi) is 6.14. The number of imidazole rings is 1. The summed E-state index contributed by atoms with van der Waals surface area (Å²) in [5, 5.41) is 0. The van der Waals surface area contributed by atoms with E-state index in [4.69, 9.17) is 4.74 Å². The number of aryl methyl sites for hydroxylation is 1. The molecule has 0 radical (unpaired) electrons. The maximum atomic E-state index is 12.6. The number of carbonyl (C=O) groups excluding carboxylic acids is 1. The number of likely N-dealkylation sites (tertiary alicyclic amines) is 1. The summed E-state index contributed by atoms with van der Waals surface area (Å²) < 4.78 is 8.28. The Morgan fingerprint density at radius 3 is 2.50 bits per heavy atom. The van der Waals surface area contributed by atoms with Crippen molar-refractivity contribution in [1.29, 1.82) is 0 Å². The molecule has 2 heterocycles. The molecule has 0 saturated carbocycles. The lowest BCUT2D eigenvalue weighted by atomic mass is 9.98. The average molecular weight is 359 g/mol. The van der Waals surface area contributed by atoms with Crippen molar-refractivity contribution in [2.45, 2.75) is 46.1 Å². The first-order valence-electron chi connectivity index (χ1n) is 9.75. The Morgan fingerprint density at radius 1 is 1.15 bits per heavy atom. The van der Waals surface area contributed by atoms with Gasteiger partial charge in [-0.05, 0) is 63.9 Å². The van der Waals surface area contributed by atoms with Crippen LogP contribution in [-0.2, 0) is 11.3 Å². The van der Waals surface area contributed by atoms with Gasteiger partial charge in [0.25, 0.3) is 0 Å². The van der Waals surface area contributed by atoms with Crippen LogP contribution in [-0.4, -0.2) is 46.4 Å². The highest BCUT2D eigenvalue weighted by Crippen LogP contribution is 2.19. The fourth-order valence-electron chi connectivity index (χ4n) is 3.70. The molecule has 0 amide bonds. The van der Waals surface area contributed by atoms with Crippen molar-refractivity contribution >= 4 is 17.1 Å². The van der Waals surface area contributed by atoms with Crippen molar-refractivity contribution in [2.24, 2.45) is 5.92 Å². The second kappa shape index (κ2) is 8.54. The van der Waals surface area contributed by atoms with E-state index in [9.17, 15) is 9.59 Å². The van der Waals surface area contributed by atoms with Crippen LogP contribution < -0.4 is 5.69 Å². The Labute approximate surface area is 154 Å². The van der Waals surface area contributed by atoms with Crippen LogP contribution in [0, 0.1) is 5.92 Å². The number of aromatic nitrogens is 2. The molecule has 0 aliphatic carbocycles. The van der Waals surface area contributed by atoms with Crippen LogP contribution in [0.15, 0.2) is 29.1 Å². The highest BCUT2D eigenvalue weighted by atomic mass is 16.5. The summed E-state index contributed by atoms with van der Waals surface area (Å²) in [6.45, 7) is 8.32. The second-order valence-corrected chi connectivity index (χ2v) is 7.07. The lowest BCUT2D eigenvalue weighted by Gasteiger charge is -2.31. The third-order valence-electron chi connectivity index (χ3n) is 5.31. The normalized spacial score (nSPS) is 16.2. The Bertz CT molecular complexity index is 800. The first-order valence-corrected chi connectivity index (χ1v) is 9.75. The van der Waals surface area contributed by atoms with Crippen LogP contribution in [0.5, 0.6) is 0 Å². The monoisotopic (exact) mass is 359 g/mol. The van der Waals surface area contributed by atoms with Crippen LogP contribution in [0.1, 0.15) is 39.5 Å². The largest absolute Gasteiger partial charge is 0.449 e. The van der Waals surface area contributed by atoms with Gasteiger partial charge in [-0.15, -0.1) is 0 Å². The number of rotatable bonds is 6. The standard InChI is InChI=1S/C20H29N3O3/c1-3-5-12-21-13-10-16(11-14-21)15-26-20(25)23-18-9-7-6-8-17(18)22(4-2)19(23)24/h6-9,16H,3-5,10-15H2,1-2H3. The van der Waals surface area contributed by atoms with Crippen molar-refractivity contribution < 1.29 is 9.53 Å². The highest BCUT2D eigenvalue weighted by Gasteiger charge is 2.23. The van der Waals surface area contributed by atoms with Crippen molar-refractivity contribution in [2.75, 3.05) is 26.2 Å². The quantitative estimate of drug-likeness (QED) is 0.794. The number of hydrogen-bond donors (Lipinski definition) is 0. The molecule has 0 atom stereocenters. The second-order valence-electron chi connectivity index (χ2n) is 7.07. The number of fused-ring (bicyclic) bond motifs is 1. The molecule has 1 aliphatic heterocycles. The number of ether oxygens (including phenoxy) is 1. The number of benzene rings is 1. The predicted octanol–water partition coefficient (Wildman–Crippen LogP) is 3.32. The van der Waals surface area contributed by atoms with Gasteiger partial charge in [-0.25, -0.2) is 9.59 Å². The van der Waals surface area contributed by atoms with Crippen molar-refractivity contribution in [3.05, 3.63) is 34.7 Å². The van der Waals surface area contributed by atoms with Gasteiger partial charge in [0.15, 0.2) is 0 Å². The molecule has 0 spiro atoms. The summed E-state index contributed by atoms with van der Waals surface area (Å²) in [4.78, 5) is 27.6. The molecule has 2 aromatic rings. The van der Waals surface area contributed by atoms with E-state index in [0.29, 0.717) is 24.6 Å². The molecule has 6 nitrogen and oxygen atoms in total. The summed E-state index contributed by atoms with van der Waals surface area (Å²) in [5.74, 6) is 0.382. The van der Waals surface area contributed by atoms with E-state index >= 15 is 0 Å². The lowest BCUT2D eigenvalue weighted by Crippen LogP contribution is -2.36. The van der Waals surface area contributed by atoms with Gasteiger partial charge < -0.3 is 9.64 Å². The van der Waals surface area contributed by atoms with E-state index in [1.807, 2.05) is 25.1 Å². The third-order valence-corrected chi connectivity index (χ3v) is 5.31. The first kappa shape index (κ1) is 18.7. The number of unbranched alkanes of at least 4 members (excludes halogenated alkanes) is 1.